The number of hydrogen-bond acceptors (Lipinski definition) is 4. The van der Waals surface area contributed by atoms with Crippen LogP contribution < -0.4 is 10.5 Å². The predicted octanol–water partition coefficient (Wildman–Crippen LogP) is 2.56. The van der Waals surface area contributed by atoms with Crippen molar-refractivity contribution in [3.63, 3.8) is 0 Å². The molecule has 1 aromatic carbocycles. The van der Waals surface area contributed by atoms with Crippen LogP contribution in [-0.4, -0.2) is 25.2 Å². The lowest BCUT2D eigenvalue weighted by molar-refractivity contribution is -0.151. The first-order valence-electron chi connectivity index (χ1n) is 6.44. The summed E-state index contributed by atoms with van der Waals surface area (Å²) in [5.74, 6) is 0.286. The Morgan fingerprint density at radius 1 is 1.42 bits per heavy atom. The molecular weight excluding hydrogens is 266 g/mol. The molecule has 0 aliphatic carbocycles. The molecule has 5 heteroatoms. The molecule has 2 N–H and O–H groups in total. The van der Waals surface area contributed by atoms with E-state index < -0.39 is 6.10 Å². The van der Waals surface area contributed by atoms with E-state index in [0.29, 0.717) is 36.8 Å². The zero-order valence-corrected chi connectivity index (χ0v) is 12.1. The van der Waals surface area contributed by atoms with Crippen LogP contribution in [0.4, 0.5) is 0 Å². The third-order valence-electron chi connectivity index (χ3n) is 2.63. The molecule has 0 bridgehead atoms. The number of hydrogen-bond donors (Lipinski definition) is 1. The molecule has 1 rings (SSSR count). The Morgan fingerprint density at radius 3 is 2.74 bits per heavy atom. The van der Waals surface area contributed by atoms with Gasteiger partial charge in [-0.1, -0.05) is 18.5 Å². The molecule has 1 atom stereocenters. The van der Waals surface area contributed by atoms with Crippen molar-refractivity contribution in [2.75, 3.05) is 13.2 Å². The number of carbonyl (C=O) groups is 1. The summed E-state index contributed by atoms with van der Waals surface area (Å²) in [4.78, 5) is 11.7. The van der Waals surface area contributed by atoms with Gasteiger partial charge < -0.3 is 15.2 Å². The Hall–Kier alpha value is -1.26. The van der Waals surface area contributed by atoms with Gasteiger partial charge in [0.2, 0.25) is 0 Å². The van der Waals surface area contributed by atoms with E-state index in [2.05, 4.69) is 0 Å². The first kappa shape index (κ1) is 15.8. The van der Waals surface area contributed by atoms with E-state index in [1.165, 1.54) is 0 Å². The highest BCUT2D eigenvalue weighted by Crippen LogP contribution is 2.25. The SMILES string of the molecule is CCOC(=O)C(CC)Oc1ccc(Cl)cc1CCN. The lowest BCUT2D eigenvalue weighted by Crippen LogP contribution is -2.29. The van der Waals surface area contributed by atoms with Gasteiger partial charge in [0.1, 0.15) is 5.75 Å². The zero-order chi connectivity index (χ0) is 14.3. The summed E-state index contributed by atoms with van der Waals surface area (Å²) in [6.45, 7) is 4.48. The van der Waals surface area contributed by atoms with Crippen LogP contribution in [0.15, 0.2) is 18.2 Å². The quantitative estimate of drug-likeness (QED) is 0.782. The van der Waals surface area contributed by atoms with E-state index in [9.17, 15) is 4.79 Å². The lowest BCUT2D eigenvalue weighted by Gasteiger charge is -2.18. The first-order chi connectivity index (χ1) is 9.12. The van der Waals surface area contributed by atoms with E-state index in [0.717, 1.165) is 5.56 Å². The van der Waals surface area contributed by atoms with Gasteiger partial charge in [-0.2, -0.15) is 0 Å². The molecule has 0 aliphatic rings. The van der Waals surface area contributed by atoms with Crippen LogP contribution in [0.3, 0.4) is 0 Å². The number of halogens is 1. The molecule has 0 heterocycles. The highest BCUT2D eigenvalue weighted by atomic mass is 35.5. The minimum absolute atomic E-state index is 0.342. The molecule has 0 aromatic heterocycles. The fourth-order valence-corrected chi connectivity index (χ4v) is 1.90. The van der Waals surface area contributed by atoms with Crippen LogP contribution in [-0.2, 0) is 16.0 Å². The molecular formula is C14H20ClNO3. The third kappa shape index (κ3) is 4.73. The summed E-state index contributed by atoms with van der Waals surface area (Å²) in [6, 6.07) is 5.30. The van der Waals surface area contributed by atoms with Crippen molar-refractivity contribution in [2.24, 2.45) is 5.73 Å². The van der Waals surface area contributed by atoms with E-state index in [4.69, 9.17) is 26.8 Å². The van der Waals surface area contributed by atoms with E-state index in [1.807, 2.05) is 13.0 Å². The zero-order valence-electron chi connectivity index (χ0n) is 11.3. The smallest absolute Gasteiger partial charge is 0.347 e. The molecule has 0 aliphatic heterocycles. The van der Waals surface area contributed by atoms with Crippen LogP contribution in [0, 0.1) is 0 Å². The van der Waals surface area contributed by atoms with Gasteiger partial charge in [-0.15, -0.1) is 0 Å². The molecule has 0 saturated carbocycles. The van der Waals surface area contributed by atoms with Crippen LogP contribution in [0.5, 0.6) is 5.75 Å². The second kappa shape index (κ2) is 8.02. The number of nitrogens with two attached hydrogens (primary N) is 1. The summed E-state index contributed by atoms with van der Waals surface area (Å²) >= 11 is 5.95. The van der Waals surface area contributed by atoms with E-state index in [-0.39, 0.29) is 5.97 Å². The van der Waals surface area contributed by atoms with Gasteiger partial charge in [0.15, 0.2) is 6.10 Å². The van der Waals surface area contributed by atoms with Gasteiger partial charge in [0, 0.05) is 5.02 Å². The fourth-order valence-electron chi connectivity index (χ4n) is 1.70. The van der Waals surface area contributed by atoms with Crippen LogP contribution >= 0.6 is 11.6 Å². The third-order valence-corrected chi connectivity index (χ3v) is 2.86. The first-order valence-corrected chi connectivity index (χ1v) is 6.81. The Labute approximate surface area is 118 Å². The minimum Gasteiger partial charge on any atom is -0.478 e. The summed E-state index contributed by atoms with van der Waals surface area (Å²) < 4.78 is 10.7. The molecule has 0 amide bonds. The van der Waals surface area contributed by atoms with Gasteiger partial charge in [-0.05, 0) is 50.1 Å². The number of esters is 1. The standard InChI is InChI=1S/C14H20ClNO3/c1-3-12(14(17)18-4-2)19-13-6-5-11(15)9-10(13)7-8-16/h5-6,9,12H,3-4,7-8,16H2,1-2H3. The number of carbonyl (C=O) groups excluding carboxylic acids is 1. The summed E-state index contributed by atoms with van der Waals surface area (Å²) in [6.07, 6.45) is 0.594. The normalized spacial score (nSPS) is 12.0. The van der Waals surface area contributed by atoms with Gasteiger partial charge >= 0.3 is 5.97 Å². The Kier molecular flexibility index (Phi) is 6.67. The topological polar surface area (TPSA) is 61.5 Å². The molecule has 0 radical (unpaired) electrons. The lowest BCUT2D eigenvalue weighted by atomic mass is 10.1. The van der Waals surface area contributed by atoms with Gasteiger partial charge in [-0.25, -0.2) is 4.79 Å². The fraction of sp³-hybridized carbons (Fsp3) is 0.500. The molecule has 1 aromatic rings. The maximum atomic E-state index is 11.7. The van der Waals surface area contributed by atoms with Crippen LogP contribution in [0.1, 0.15) is 25.8 Å². The monoisotopic (exact) mass is 285 g/mol. The van der Waals surface area contributed by atoms with Crippen LogP contribution in [0.25, 0.3) is 0 Å². The summed E-state index contributed by atoms with van der Waals surface area (Å²) in [5, 5.41) is 0.625. The average molecular weight is 286 g/mol. The molecule has 0 fully saturated rings. The number of rotatable bonds is 7. The van der Waals surface area contributed by atoms with Gasteiger partial charge in [0.05, 0.1) is 6.61 Å². The summed E-state index contributed by atoms with van der Waals surface area (Å²) in [7, 11) is 0. The second-order valence-corrected chi connectivity index (χ2v) is 4.49. The van der Waals surface area contributed by atoms with E-state index >= 15 is 0 Å². The van der Waals surface area contributed by atoms with E-state index in [1.54, 1.807) is 19.1 Å². The largest absolute Gasteiger partial charge is 0.478 e. The summed E-state index contributed by atoms with van der Waals surface area (Å²) in [5.41, 5.74) is 6.46. The maximum Gasteiger partial charge on any atom is 0.347 e. The Morgan fingerprint density at radius 2 is 2.16 bits per heavy atom. The predicted molar refractivity (Wildman–Crippen MR) is 75.6 cm³/mol. The number of benzene rings is 1. The minimum atomic E-state index is -0.599. The van der Waals surface area contributed by atoms with Crippen LogP contribution in [0.2, 0.25) is 5.02 Å². The molecule has 106 valence electrons. The van der Waals surface area contributed by atoms with Crippen molar-refractivity contribution in [2.45, 2.75) is 32.8 Å². The molecule has 19 heavy (non-hydrogen) atoms. The van der Waals surface area contributed by atoms with Crippen molar-refractivity contribution < 1.29 is 14.3 Å². The van der Waals surface area contributed by atoms with Crippen molar-refractivity contribution in [3.8, 4) is 5.75 Å². The van der Waals surface area contributed by atoms with Crippen molar-refractivity contribution in [1.29, 1.82) is 0 Å². The Bertz CT molecular complexity index is 423. The Balaban J connectivity index is 2.86. The van der Waals surface area contributed by atoms with Crippen molar-refractivity contribution in [1.82, 2.24) is 0 Å². The molecule has 0 spiro atoms. The molecule has 0 saturated heterocycles. The van der Waals surface area contributed by atoms with Crippen molar-refractivity contribution >= 4 is 17.6 Å². The molecule has 1 unspecified atom stereocenters. The molecule has 4 nitrogen and oxygen atoms in total. The highest BCUT2D eigenvalue weighted by Gasteiger charge is 2.20. The average Bonchev–Trinajstić information content (AvgIpc) is 2.38. The van der Waals surface area contributed by atoms with Gasteiger partial charge in [-0.3, -0.25) is 0 Å². The highest BCUT2D eigenvalue weighted by molar-refractivity contribution is 6.30. The second-order valence-electron chi connectivity index (χ2n) is 4.06. The number of ether oxygens (including phenoxy) is 2. The van der Waals surface area contributed by atoms with Crippen molar-refractivity contribution in [3.05, 3.63) is 28.8 Å². The maximum absolute atomic E-state index is 11.7. The van der Waals surface area contributed by atoms with Gasteiger partial charge in [0.25, 0.3) is 0 Å².